The van der Waals surface area contributed by atoms with E-state index in [9.17, 15) is 14.4 Å². The minimum absolute atomic E-state index is 0.164. The molecule has 0 saturated heterocycles. The number of halogens is 1. The fourth-order valence-electron chi connectivity index (χ4n) is 3.63. The van der Waals surface area contributed by atoms with E-state index >= 15 is 0 Å². The van der Waals surface area contributed by atoms with E-state index in [0.717, 1.165) is 15.6 Å². The van der Waals surface area contributed by atoms with Crippen LogP contribution in [0.15, 0.2) is 71.2 Å². The number of aromatic nitrogens is 1. The topological polar surface area (TPSA) is 101 Å². The molecule has 3 N–H and O–H groups in total. The van der Waals surface area contributed by atoms with E-state index in [1.165, 1.54) is 11.8 Å². The molecule has 9 heteroatoms. The molecule has 1 aromatic heterocycles. The zero-order valence-electron chi connectivity index (χ0n) is 19.3. The summed E-state index contributed by atoms with van der Waals surface area (Å²) in [6.07, 6.45) is 0. The number of hydrogen-bond acceptors (Lipinski definition) is 4. The maximum absolute atomic E-state index is 13.3. The molecule has 0 bridgehead atoms. The lowest BCUT2D eigenvalue weighted by molar-refractivity contribution is -0.133. The van der Waals surface area contributed by atoms with Crippen LogP contribution < -0.4 is 20.8 Å². The van der Waals surface area contributed by atoms with Crippen molar-refractivity contribution in [1.82, 2.24) is 4.68 Å². The number of aryl methyl sites for hydroxylation is 1. The molecular formula is C26H23BrN4O4. The van der Waals surface area contributed by atoms with E-state index in [4.69, 9.17) is 4.74 Å². The normalized spacial score (nSPS) is 10.6. The summed E-state index contributed by atoms with van der Waals surface area (Å²) in [5.41, 5.74) is 6.25. The summed E-state index contributed by atoms with van der Waals surface area (Å²) in [7, 11) is 1.47. The zero-order chi connectivity index (χ0) is 25.1. The second-order valence-electron chi connectivity index (χ2n) is 7.87. The number of para-hydroxylation sites is 2. The molecule has 0 fully saturated rings. The molecule has 1 heterocycles. The number of nitrogens with zero attached hydrogens (tertiary/aromatic N) is 1. The molecule has 0 aliphatic carbocycles. The number of amides is 3. The largest absolute Gasteiger partial charge is 0.495 e. The third-order valence-corrected chi connectivity index (χ3v) is 6.12. The van der Waals surface area contributed by atoms with Crippen LogP contribution in [-0.2, 0) is 9.59 Å². The first-order chi connectivity index (χ1) is 16.8. The molecule has 0 atom stereocenters. The van der Waals surface area contributed by atoms with Gasteiger partial charge in [0.15, 0.2) is 0 Å². The van der Waals surface area contributed by atoms with Gasteiger partial charge < -0.3 is 15.4 Å². The van der Waals surface area contributed by atoms with E-state index < -0.39 is 17.7 Å². The first-order valence-electron chi connectivity index (χ1n) is 10.7. The summed E-state index contributed by atoms with van der Waals surface area (Å²) in [4.78, 5) is 38.7. The summed E-state index contributed by atoms with van der Waals surface area (Å²) in [6, 6.07) is 19.4. The average Bonchev–Trinajstić information content (AvgIpc) is 3.19. The van der Waals surface area contributed by atoms with E-state index in [-0.39, 0.29) is 5.69 Å². The second-order valence-corrected chi connectivity index (χ2v) is 8.78. The molecular weight excluding hydrogens is 512 g/mol. The Morgan fingerprint density at radius 3 is 2.37 bits per heavy atom. The van der Waals surface area contributed by atoms with Gasteiger partial charge in [-0.1, -0.05) is 40.2 Å². The van der Waals surface area contributed by atoms with Crippen molar-refractivity contribution in [2.75, 3.05) is 23.2 Å². The summed E-state index contributed by atoms with van der Waals surface area (Å²) in [5.74, 6) is -1.87. The molecule has 0 spiro atoms. The molecule has 4 rings (SSSR count). The number of methoxy groups -OCH3 is 1. The van der Waals surface area contributed by atoms with Gasteiger partial charge in [0, 0.05) is 15.5 Å². The molecule has 4 aromatic rings. The van der Waals surface area contributed by atoms with Crippen molar-refractivity contribution < 1.29 is 19.1 Å². The van der Waals surface area contributed by atoms with Gasteiger partial charge >= 0.3 is 11.8 Å². The van der Waals surface area contributed by atoms with Crippen LogP contribution in [0.4, 0.5) is 11.4 Å². The van der Waals surface area contributed by atoms with Crippen molar-refractivity contribution in [3.05, 3.63) is 88.0 Å². The van der Waals surface area contributed by atoms with Crippen LogP contribution in [0.5, 0.6) is 5.75 Å². The second kappa shape index (κ2) is 10.0. The van der Waals surface area contributed by atoms with Gasteiger partial charge in [0.1, 0.15) is 11.4 Å². The van der Waals surface area contributed by atoms with Crippen LogP contribution in [0, 0.1) is 13.8 Å². The van der Waals surface area contributed by atoms with Crippen LogP contribution in [0.3, 0.4) is 0 Å². The molecule has 3 amide bonds. The molecule has 0 saturated carbocycles. The highest BCUT2D eigenvalue weighted by atomic mass is 79.9. The van der Waals surface area contributed by atoms with Crippen LogP contribution >= 0.6 is 15.9 Å². The van der Waals surface area contributed by atoms with Gasteiger partial charge in [-0.2, -0.15) is 0 Å². The molecule has 0 unspecified atom stereocenters. The number of anilines is 2. The Morgan fingerprint density at radius 1 is 0.857 bits per heavy atom. The standard InChI is InChI=1S/C26H23BrN4O4/c1-15-7-6-9-19(16(15)2)28-24(32)22-14-17-13-18(27)11-12-21(17)31(22)30-26(34)25(33)29-20-8-4-5-10-23(20)35-3/h4-14H,1-3H3,(H,28,32)(H,29,33)(H,30,34). The first-order valence-corrected chi connectivity index (χ1v) is 11.5. The van der Waals surface area contributed by atoms with Crippen LogP contribution in [-0.4, -0.2) is 29.5 Å². The fraction of sp³-hybridized carbons (Fsp3) is 0.115. The molecule has 178 valence electrons. The number of hydrogen-bond donors (Lipinski definition) is 3. The molecule has 3 aromatic carbocycles. The van der Waals surface area contributed by atoms with Gasteiger partial charge in [-0.3, -0.25) is 19.8 Å². The van der Waals surface area contributed by atoms with E-state index in [1.54, 1.807) is 42.5 Å². The summed E-state index contributed by atoms with van der Waals surface area (Å²) >= 11 is 3.43. The maximum atomic E-state index is 13.3. The predicted molar refractivity (Wildman–Crippen MR) is 139 cm³/mol. The monoisotopic (exact) mass is 534 g/mol. The van der Waals surface area contributed by atoms with Crippen LogP contribution in [0.1, 0.15) is 21.6 Å². The first kappa shape index (κ1) is 24.0. The number of carbonyl (C=O) groups is 3. The minimum atomic E-state index is -0.947. The molecule has 35 heavy (non-hydrogen) atoms. The number of benzene rings is 3. The summed E-state index contributed by atoms with van der Waals surface area (Å²) in [5, 5.41) is 6.14. The van der Waals surface area contributed by atoms with Gasteiger partial charge in [-0.05, 0) is 67.4 Å². The average molecular weight is 535 g/mol. The Labute approximate surface area is 210 Å². The highest BCUT2D eigenvalue weighted by Gasteiger charge is 2.22. The van der Waals surface area contributed by atoms with Gasteiger partial charge in [0.2, 0.25) is 0 Å². The minimum Gasteiger partial charge on any atom is -0.495 e. The van der Waals surface area contributed by atoms with Crippen LogP contribution in [0.25, 0.3) is 10.9 Å². The van der Waals surface area contributed by atoms with Gasteiger partial charge in [0.25, 0.3) is 5.91 Å². The summed E-state index contributed by atoms with van der Waals surface area (Å²) < 4.78 is 7.34. The van der Waals surface area contributed by atoms with Gasteiger partial charge in [0.05, 0.1) is 18.3 Å². The molecule has 8 nitrogen and oxygen atoms in total. The molecule has 0 aliphatic heterocycles. The Morgan fingerprint density at radius 2 is 1.60 bits per heavy atom. The Kier molecular flexibility index (Phi) is 6.88. The van der Waals surface area contributed by atoms with E-state index in [0.29, 0.717) is 28.0 Å². The van der Waals surface area contributed by atoms with Crippen molar-refractivity contribution in [1.29, 1.82) is 0 Å². The predicted octanol–water partition coefficient (Wildman–Crippen LogP) is 4.99. The van der Waals surface area contributed by atoms with Gasteiger partial charge in [-0.25, -0.2) is 4.68 Å². The third-order valence-electron chi connectivity index (χ3n) is 5.62. The highest BCUT2D eigenvalue weighted by molar-refractivity contribution is 9.10. The lowest BCUT2D eigenvalue weighted by Gasteiger charge is -2.14. The Hall–Kier alpha value is -4.11. The number of fused-ring (bicyclic) bond motifs is 1. The number of ether oxygens (including phenoxy) is 1. The number of carbonyl (C=O) groups excluding carboxylic acids is 3. The SMILES string of the molecule is COc1ccccc1NC(=O)C(=O)Nn1c(C(=O)Nc2cccc(C)c2C)cc2cc(Br)ccc21. The maximum Gasteiger partial charge on any atom is 0.328 e. The van der Waals surface area contributed by atoms with Crippen molar-refractivity contribution in [3.8, 4) is 5.75 Å². The zero-order valence-corrected chi connectivity index (χ0v) is 20.9. The summed E-state index contributed by atoms with van der Waals surface area (Å²) in [6.45, 7) is 3.88. The van der Waals surface area contributed by atoms with Crippen LogP contribution in [0.2, 0.25) is 0 Å². The molecule has 0 aliphatic rings. The van der Waals surface area contributed by atoms with E-state index in [1.807, 2.05) is 38.1 Å². The van der Waals surface area contributed by atoms with Gasteiger partial charge in [-0.15, -0.1) is 0 Å². The highest BCUT2D eigenvalue weighted by Crippen LogP contribution is 2.26. The van der Waals surface area contributed by atoms with Crippen molar-refractivity contribution in [3.63, 3.8) is 0 Å². The van der Waals surface area contributed by atoms with Crippen molar-refractivity contribution in [2.24, 2.45) is 0 Å². The molecule has 0 radical (unpaired) electrons. The van der Waals surface area contributed by atoms with Crippen molar-refractivity contribution in [2.45, 2.75) is 13.8 Å². The lowest BCUT2D eigenvalue weighted by Crippen LogP contribution is -2.36. The quantitative estimate of drug-likeness (QED) is 0.314. The van der Waals surface area contributed by atoms with Crippen molar-refractivity contribution >= 4 is 55.9 Å². The van der Waals surface area contributed by atoms with E-state index in [2.05, 4.69) is 32.0 Å². The fourth-order valence-corrected chi connectivity index (χ4v) is 4.00. The number of nitrogens with one attached hydrogen (secondary N) is 3. The Bertz CT molecular complexity index is 1460. The smallest absolute Gasteiger partial charge is 0.328 e. The lowest BCUT2D eigenvalue weighted by atomic mass is 10.1. The number of rotatable bonds is 5. The third kappa shape index (κ3) is 5.04. The Balaban J connectivity index is 1.65.